The number of hydrogen-bond acceptors (Lipinski definition) is 5. The predicted molar refractivity (Wildman–Crippen MR) is 68.1 cm³/mol. The van der Waals surface area contributed by atoms with Gasteiger partial charge in [-0.1, -0.05) is 11.6 Å². The summed E-state index contributed by atoms with van der Waals surface area (Å²) < 4.78 is 0. The minimum atomic E-state index is 0.287. The lowest BCUT2D eigenvalue weighted by atomic mass is 10.3. The first-order valence-corrected chi connectivity index (χ1v) is 5.65. The van der Waals surface area contributed by atoms with Crippen molar-refractivity contribution < 1.29 is 0 Å². The summed E-state index contributed by atoms with van der Waals surface area (Å²) in [6, 6.07) is 6.99. The fourth-order valence-corrected chi connectivity index (χ4v) is 1.65. The summed E-state index contributed by atoms with van der Waals surface area (Å²) in [6.45, 7) is 2.33. The van der Waals surface area contributed by atoms with Crippen LogP contribution in [0.15, 0.2) is 24.4 Å². The first kappa shape index (κ1) is 12.3. The molecule has 2 aromatic heterocycles. The normalized spacial score (nSPS) is 9.83. The number of halogens is 1. The van der Waals surface area contributed by atoms with Crippen molar-refractivity contribution in [2.75, 3.05) is 5.32 Å². The van der Waals surface area contributed by atoms with Gasteiger partial charge < -0.3 is 5.32 Å². The first-order valence-electron chi connectivity index (χ1n) is 5.27. The van der Waals surface area contributed by atoms with Gasteiger partial charge in [-0.3, -0.25) is 0 Å². The summed E-state index contributed by atoms with van der Waals surface area (Å²) >= 11 is 5.81. The topological polar surface area (TPSA) is 74.5 Å². The molecular weight excluding hydrogens is 250 g/mol. The van der Waals surface area contributed by atoms with E-state index in [-0.39, 0.29) is 5.15 Å². The molecule has 2 heterocycles. The maximum atomic E-state index is 8.82. The zero-order valence-electron chi connectivity index (χ0n) is 9.68. The third kappa shape index (κ3) is 3.15. The molecule has 0 aliphatic heterocycles. The van der Waals surface area contributed by atoms with Crippen LogP contribution in [-0.4, -0.2) is 15.0 Å². The number of hydrogen-bond donors (Lipinski definition) is 1. The lowest BCUT2D eigenvalue weighted by Gasteiger charge is -2.06. The summed E-state index contributed by atoms with van der Waals surface area (Å²) in [4.78, 5) is 12.4. The number of nitrogens with one attached hydrogen (secondary N) is 1. The van der Waals surface area contributed by atoms with Gasteiger partial charge in [0.2, 0.25) is 0 Å². The summed E-state index contributed by atoms with van der Waals surface area (Å²) in [7, 11) is 0. The Bertz CT molecular complexity index is 606. The van der Waals surface area contributed by atoms with Crippen molar-refractivity contribution >= 4 is 17.4 Å². The second-order valence-corrected chi connectivity index (χ2v) is 4.01. The molecule has 2 aromatic rings. The molecule has 90 valence electrons. The van der Waals surface area contributed by atoms with Gasteiger partial charge in [-0.2, -0.15) is 5.26 Å². The Morgan fingerprint density at radius 3 is 2.94 bits per heavy atom. The van der Waals surface area contributed by atoms with Crippen molar-refractivity contribution in [2.45, 2.75) is 13.5 Å². The van der Waals surface area contributed by atoms with E-state index in [1.807, 2.05) is 19.1 Å². The zero-order chi connectivity index (χ0) is 13.0. The third-order valence-electron chi connectivity index (χ3n) is 2.21. The van der Waals surface area contributed by atoms with E-state index in [1.54, 1.807) is 12.3 Å². The van der Waals surface area contributed by atoms with Gasteiger partial charge >= 0.3 is 0 Å². The SMILES string of the molecule is Cc1nccc(CNc2cc(C#N)cc(Cl)n2)n1. The Balaban J connectivity index is 2.11. The summed E-state index contributed by atoms with van der Waals surface area (Å²) in [5.41, 5.74) is 1.32. The third-order valence-corrected chi connectivity index (χ3v) is 2.40. The van der Waals surface area contributed by atoms with E-state index in [9.17, 15) is 0 Å². The Morgan fingerprint density at radius 1 is 1.39 bits per heavy atom. The molecule has 0 radical (unpaired) electrons. The summed E-state index contributed by atoms with van der Waals surface area (Å²) in [5, 5.41) is 12.2. The van der Waals surface area contributed by atoms with Crippen LogP contribution in [0.25, 0.3) is 0 Å². The van der Waals surface area contributed by atoms with Crippen LogP contribution in [0.2, 0.25) is 5.15 Å². The molecule has 2 rings (SSSR count). The molecule has 0 saturated carbocycles. The second kappa shape index (κ2) is 5.43. The maximum Gasteiger partial charge on any atom is 0.132 e. The Labute approximate surface area is 109 Å². The molecule has 0 aromatic carbocycles. The number of nitrogens with zero attached hydrogens (tertiary/aromatic N) is 4. The van der Waals surface area contributed by atoms with E-state index in [2.05, 4.69) is 20.3 Å². The molecule has 18 heavy (non-hydrogen) atoms. The largest absolute Gasteiger partial charge is 0.364 e. The molecule has 6 heteroatoms. The van der Waals surface area contributed by atoms with Gasteiger partial charge in [-0.05, 0) is 25.1 Å². The fourth-order valence-electron chi connectivity index (χ4n) is 1.44. The van der Waals surface area contributed by atoms with Gasteiger partial charge in [0, 0.05) is 6.20 Å². The van der Waals surface area contributed by atoms with E-state index in [0.29, 0.717) is 23.8 Å². The minimum Gasteiger partial charge on any atom is -0.364 e. The molecule has 5 nitrogen and oxygen atoms in total. The van der Waals surface area contributed by atoms with Gasteiger partial charge in [0.25, 0.3) is 0 Å². The lowest BCUT2D eigenvalue weighted by molar-refractivity contribution is 0.950. The number of rotatable bonds is 3. The van der Waals surface area contributed by atoms with Crippen molar-refractivity contribution in [1.29, 1.82) is 5.26 Å². The highest BCUT2D eigenvalue weighted by Gasteiger charge is 2.01. The van der Waals surface area contributed by atoms with Crippen LogP contribution >= 0.6 is 11.6 Å². The van der Waals surface area contributed by atoms with E-state index in [1.165, 1.54) is 6.07 Å². The van der Waals surface area contributed by atoms with Crippen molar-refractivity contribution in [1.82, 2.24) is 15.0 Å². The molecule has 0 bridgehead atoms. The minimum absolute atomic E-state index is 0.287. The number of aryl methyl sites for hydroxylation is 1. The summed E-state index contributed by atoms with van der Waals surface area (Å²) in [5.74, 6) is 1.27. The van der Waals surface area contributed by atoms with Crippen molar-refractivity contribution in [3.63, 3.8) is 0 Å². The predicted octanol–water partition coefficient (Wildman–Crippen LogP) is 2.32. The van der Waals surface area contributed by atoms with Gasteiger partial charge in [0.05, 0.1) is 23.9 Å². The molecule has 0 fully saturated rings. The maximum absolute atomic E-state index is 8.82. The van der Waals surface area contributed by atoms with Crippen LogP contribution in [0.3, 0.4) is 0 Å². The van der Waals surface area contributed by atoms with Crippen molar-refractivity contribution in [3.8, 4) is 6.07 Å². The zero-order valence-corrected chi connectivity index (χ0v) is 10.4. The summed E-state index contributed by atoms with van der Waals surface area (Å²) in [6.07, 6.45) is 1.70. The average Bonchev–Trinajstić information content (AvgIpc) is 2.36. The van der Waals surface area contributed by atoms with Gasteiger partial charge in [-0.15, -0.1) is 0 Å². The fraction of sp³-hybridized carbons (Fsp3) is 0.167. The number of anilines is 1. The Hall–Kier alpha value is -2.19. The van der Waals surface area contributed by atoms with E-state index in [4.69, 9.17) is 16.9 Å². The lowest BCUT2D eigenvalue weighted by Crippen LogP contribution is -2.04. The highest BCUT2D eigenvalue weighted by Crippen LogP contribution is 2.14. The number of nitriles is 1. The van der Waals surface area contributed by atoms with Crippen LogP contribution in [0, 0.1) is 18.3 Å². The molecule has 0 atom stereocenters. The molecule has 0 amide bonds. The molecule has 0 saturated heterocycles. The van der Waals surface area contributed by atoms with Crippen LogP contribution in [-0.2, 0) is 6.54 Å². The highest BCUT2D eigenvalue weighted by atomic mass is 35.5. The Morgan fingerprint density at radius 2 is 2.22 bits per heavy atom. The van der Waals surface area contributed by atoms with Crippen LogP contribution in [0.5, 0.6) is 0 Å². The smallest absolute Gasteiger partial charge is 0.132 e. The van der Waals surface area contributed by atoms with Crippen LogP contribution in [0.1, 0.15) is 17.1 Å². The second-order valence-electron chi connectivity index (χ2n) is 3.62. The van der Waals surface area contributed by atoms with E-state index in [0.717, 1.165) is 5.69 Å². The first-order chi connectivity index (χ1) is 8.67. The van der Waals surface area contributed by atoms with E-state index < -0.39 is 0 Å². The van der Waals surface area contributed by atoms with Gasteiger partial charge in [0.1, 0.15) is 16.8 Å². The Kier molecular flexibility index (Phi) is 3.70. The van der Waals surface area contributed by atoms with Crippen LogP contribution in [0.4, 0.5) is 5.82 Å². The molecule has 0 spiro atoms. The van der Waals surface area contributed by atoms with E-state index >= 15 is 0 Å². The highest BCUT2D eigenvalue weighted by molar-refractivity contribution is 6.29. The molecule has 0 aliphatic carbocycles. The number of aromatic nitrogens is 3. The molecular formula is C12H10ClN5. The molecule has 0 aliphatic rings. The monoisotopic (exact) mass is 259 g/mol. The molecule has 1 N–H and O–H groups in total. The standard InChI is InChI=1S/C12H10ClN5/c1-8-15-3-2-10(17-8)7-16-12-5-9(6-14)4-11(13)18-12/h2-5H,7H2,1H3,(H,16,18). The quantitative estimate of drug-likeness (QED) is 0.856. The number of pyridine rings is 1. The van der Waals surface area contributed by atoms with Crippen LogP contribution < -0.4 is 5.32 Å². The van der Waals surface area contributed by atoms with Gasteiger partial charge in [-0.25, -0.2) is 15.0 Å². The average molecular weight is 260 g/mol. The molecule has 0 unspecified atom stereocenters. The van der Waals surface area contributed by atoms with Crippen molar-refractivity contribution in [2.24, 2.45) is 0 Å². The van der Waals surface area contributed by atoms with Crippen molar-refractivity contribution in [3.05, 3.63) is 46.6 Å². The van der Waals surface area contributed by atoms with Gasteiger partial charge in [0.15, 0.2) is 0 Å².